The predicted molar refractivity (Wildman–Crippen MR) is 118 cm³/mol. The normalized spacial score (nSPS) is 25.0. The maximum absolute atomic E-state index is 13.6. The van der Waals surface area contributed by atoms with Crippen molar-refractivity contribution in [2.24, 2.45) is 5.16 Å². The lowest BCUT2D eigenvalue weighted by molar-refractivity contribution is -0.174. The van der Waals surface area contributed by atoms with Gasteiger partial charge in [-0.05, 0) is 24.6 Å². The van der Waals surface area contributed by atoms with Gasteiger partial charge in [0, 0.05) is 16.5 Å². The van der Waals surface area contributed by atoms with E-state index in [2.05, 4.69) is 5.16 Å². The van der Waals surface area contributed by atoms with Gasteiger partial charge in [0.25, 0.3) is 5.56 Å². The number of nitrogens with zero attached hydrogens (tertiary/aromatic N) is 3. The van der Waals surface area contributed by atoms with Crippen LogP contribution in [0.3, 0.4) is 0 Å². The Bertz CT molecular complexity index is 1390. The molecule has 1 N–H and O–H groups in total. The minimum atomic E-state index is -1.93. The summed E-state index contributed by atoms with van der Waals surface area (Å²) in [6, 6.07) is 11.4. The van der Waals surface area contributed by atoms with Crippen LogP contribution >= 0.6 is 0 Å². The zero-order chi connectivity index (χ0) is 22.7. The molecule has 5 heterocycles. The molecule has 0 aliphatic carbocycles. The fourth-order valence-electron chi connectivity index (χ4n) is 4.52. The van der Waals surface area contributed by atoms with Crippen molar-refractivity contribution in [3.05, 3.63) is 63.4 Å². The van der Waals surface area contributed by atoms with Gasteiger partial charge in [-0.2, -0.15) is 0 Å². The van der Waals surface area contributed by atoms with E-state index in [1.54, 1.807) is 17.6 Å². The lowest BCUT2D eigenvalue weighted by Gasteiger charge is -2.34. The minimum Gasteiger partial charge on any atom is -0.449 e. The Morgan fingerprint density at radius 2 is 2.15 bits per heavy atom. The zero-order valence-corrected chi connectivity index (χ0v) is 17.9. The molecule has 33 heavy (non-hydrogen) atoms. The molecule has 0 saturated carbocycles. The average Bonchev–Trinajstić information content (AvgIpc) is 3.58. The molecule has 0 amide bonds. The summed E-state index contributed by atoms with van der Waals surface area (Å²) in [5.74, 6) is -0.825. The van der Waals surface area contributed by atoms with Crippen LogP contribution in [0.1, 0.15) is 36.1 Å². The van der Waals surface area contributed by atoms with Gasteiger partial charge < -0.3 is 24.0 Å². The van der Waals surface area contributed by atoms with Crippen LogP contribution in [0.15, 0.2) is 46.3 Å². The summed E-state index contributed by atoms with van der Waals surface area (Å²) in [6.07, 6.45) is 0.278. The van der Waals surface area contributed by atoms with Crippen molar-refractivity contribution in [3.8, 4) is 11.4 Å². The molecular formula is C24H21N3O6. The molecule has 3 aliphatic heterocycles. The van der Waals surface area contributed by atoms with Crippen molar-refractivity contribution in [1.82, 2.24) is 9.55 Å². The number of aliphatic hydroxyl groups is 1. The van der Waals surface area contributed by atoms with Crippen LogP contribution in [0.25, 0.3) is 22.3 Å². The highest BCUT2D eigenvalue weighted by atomic mass is 16.7. The van der Waals surface area contributed by atoms with E-state index < -0.39 is 17.7 Å². The summed E-state index contributed by atoms with van der Waals surface area (Å²) in [7, 11) is 0. The number of para-hydroxylation sites is 1. The van der Waals surface area contributed by atoms with Gasteiger partial charge in [-0.15, -0.1) is 0 Å². The van der Waals surface area contributed by atoms with Crippen LogP contribution in [-0.2, 0) is 31.3 Å². The van der Waals surface area contributed by atoms with Gasteiger partial charge >= 0.3 is 5.97 Å². The molecule has 9 heteroatoms. The Morgan fingerprint density at radius 3 is 2.94 bits per heavy atom. The number of rotatable bonds is 5. The monoisotopic (exact) mass is 447 g/mol. The summed E-state index contributed by atoms with van der Waals surface area (Å²) < 4.78 is 12.1. The van der Waals surface area contributed by atoms with Crippen LogP contribution in [0.4, 0.5) is 0 Å². The number of cyclic esters (lactones) is 1. The number of hydrogen-bond donors (Lipinski definition) is 1. The standard InChI is InChI=1S/C24H21N3O6/c1-2-24(30)16-8-18-21-14(7-13-5-3-4-6-17(13)26-21)10-27(18)22(28)20(16)19(33-23(24)29)9-25-32-12-15-11-31-15/h3-9,15,19,30H,2,10-12H2,1H3/b25-9+/t15?,19?,24-/m0/s1. The number of ether oxygens (including phenoxy) is 2. The SMILES string of the molecule is CC[C@@]1(O)C(=O)OC(/C=N/OCC2CO2)c2c1cc1n(c2=O)Cc2cc3ccccc3nc2-1. The van der Waals surface area contributed by atoms with E-state index in [4.69, 9.17) is 19.3 Å². The summed E-state index contributed by atoms with van der Waals surface area (Å²) in [4.78, 5) is 36.4. The number of fused-ring (bicyclic) bond motifs is 5. The van der Waals surface area contributed by atoms with Gasteiger partial charge in [-0.25, -0.2) is 9.78 Å². The van der Waals surface area contributed by atoms with E-state index >= 15 is 0 Å². The molecular weight excluding hydrogens is 426 g/mol. The smallest absolute Gasteiger partial charge is 0.343 e. The number of oxime groups is 1. The van der Waals surface area contributed by atoms with Crippen LogP contribution in [0.2, 0.25) is 0 Å². The Kier molecular flexibility index (Phi) is 4.40. The second-order valence-corrected chi connectivity index (χ2v) is 8.48. The molecule has 6 rings (SSSR count). The van der Waals surface area contributed by atoms with Crippen molar-refractivity contribution in [1.29, 1.82) is 0 Å². The minimum absolute atomic E-state index is 0.0175. The first-order valence-electron chi connectivity index (χ1n) is 10.9. The lowest BCUT2D eigenvalue weighted by atomic mass is 9.83. The van der Waals surface area contributed by atoms with E-state index in [0.717, 1.165) is 16.5 Å². The average molecular weight is 447 g/mol. The molecule has 3 aromatic rings. The van der Waals surface area contributed by atoms with Gasteiger partial charge in [0.1, 0.15) is 12.7 Å². The number of esters is 1. The van der Waals surface area contributed by atoms with Crippen LogP contribution in [0, 0.1) is 0 Å². The second-order valence-electron chi connectivity index (χ2n) is 8.48. The lowest BCUT2D eigenvalue weighted by Crippen LogP contribution is -2.46. The quantitative estimate of drug-likeness (QED) is 0.215. The van der Waals surface area contributed by atoms with E-state index in [0.29, 0.717) is 24.5 Å². The van der Waals surface area contributed by atoms with Crippen LogP contribution < -0.4 is 5.56 Å². The third-order valence-electron chi connectivity index (χ3n) is 6.46. The molecule has 2 aromatic heterocycles. The summed E-state index contributed by atoms with van der Waals surface area (Å²) >= 11 is 0. The first-order chi connectivity index (χ1) is 16.0. The van der Waals surface area contributed by atoms with Gasteiger partial charge in [0.15, 0.2) is 11.7 Å². The van der Waals surface area contributed by atoms with E-state index in [-0.39, 0.29) is 35.8 Å². The molecule has 168 valence electrons. The van der Waals surface area contributed by atoms with Gasteiger partial charge in [-0.1, -0.05) is 30.3 Å². The molecule has 0 bridgehead atoms. The molecule has 2 unspecified atom stereocenters. The van der Waals surface area contributed by atoms with Crippen molar-refractivity contribution in [3.63, 3.8) is 0 Å². The Balaban J connectivity index is 1.50. The number of aromatic nitrogens is 2. The zero-order valence-electron chi connectivity index (χ0n) is 17.9. The van der Waals surface area contributed by atoms with Crippen molar-refractivity contribution < 1.29 is 24.2 Å². The highest BCUT2D eigenvalue weighted by Gasteiger charge is 2.48. The van der Waals surface area contributed by atoms with Gasteiger partial charge in [-0.3, -0.25) is 4.79 Å². The predicted octanol–water partition coefficient (Wildman–Crippen LogP) is 2.02. The summed E-state index contributed by atoms with van der Waals surface area (Å²) in [5, 5.41) is 16.1. The highest BCUT2D eigenvalue weighted by Crippen LogP contribution is 2.41. The highest BCUT2D eigenvalue weighted by molar-refractivity contribution is 5.89. The summed E-state index contributed by atoms with van der Waals surface area (Å²) in [6.45, 7) is 2.91. The van der Waals surface area contributed by atoms with Gasteiger partial charge in [0.05, 0.1) is 41.8 Å². The molecule has 1 saturated heterocycles. The molecule has 3 aliphatic rings. The molecule has 0 spiro atoms. The largest absolute Gasteiger partial charge is 0.449 e. The maximum Gasteiger partial charge on any atom is 0.343 e. The third kappa shape index (κ3) is 3.07. The van der Waals surface area contributed by atoms with E-state index in [1.807, 2.05) is 30.3 Å². The number of benzene rings is 1. The number of pyridine rings is 2. The van der Waals surface area contributed by atoms with Crippen molar-refractivity contribution in [2.45, 2.75) is 37.7 Å². The third-order valence-corrected chi connectivity index (χ3v) is 6.46. The molecule has 9 nitrogen and oxygen atoms in total. The Morgan fingerprint density at radius 1 is 1.33 bits per heavy atom. The van der Waals surface area contributed by atoms with Gasteiger partial charge in [0.2, 0.25) is 0 Å². The number of carbonyl (C=O) groups is 1. The van der Waals surface area contributed by atoms with Crippen molar-refractivity contribution >= 4 is 23.1 Å². The van der Waals surface area contributed by atoms with Crippen molar-refractivity contribution in [2.75, 3.05) is 13.2 Å². The Labute approximate surface area is 188 Å². The summed E-state index contributed by atoms with van der Waals surface area (Å²) in [5.41, 5.74) is 1.06. The molecule has 1 fully saturated rings. The molecule has 0 radical (unpaired) electrons. The molecule has 1 aromatic carbocycles. The van der Waals surface area contributed by atoms with E-state index in [9.17, 15) is 14.7 Å². The first kappa shape index (κ1) is 20.1. The second kappa shape index (κ2) is 7.23. The number of carbonyl (C=O) groups excluding carboxylic acids is 1. The number of hydrogen-bond acceptors (Lipinski definition) is 8. The fraction of sp³-hybridized carbons (Fsp3) is 0.333. The van der Waals surface area contributed by atoms with Crippen LogP contribution in [-0.4, -0.2) is 46.2 Å². The topological polar surface area (TPSA) is 116 Å². The fourth-order valence-corrected chi connectivity index (χ4v) is 4.52. The Hall–Kier alpha value is -3.56. The van der Waals surface area contributed by atoms with E-state index in [1.165, 1.54) is 6.21 Å². The first-order valence-corrected chi connectivity index (χ1v) is 10.9. The molecule has 3 atom stereocenters. The maximum atomic E-state index is 13.6. The number of epoxide rings is 1. The van der Waals surface area contributed by atoms with Crippen LogP contribution in [0.5, 0.6) is 0 Å².